The fraction of sp³-hybridized carbons (Fsp3) is 0.500. The van der Waals surface area contributed by atoms with Crippen molar-refractivity contribution in [2.75, 3.05) is 0 Å². The maximum absolute atomic E-state index is 9.75. The van der Waals surface area contributed by atoms with E-state index in [1.54, 1.807) is 24.7 Å². The van der Waals surface area contributed by atoms with Crippen molar-refractivity contribution >= 4 is 22.6 Å². The van der Waals surface area contributed by atoms with Crippen molar-refractivity contribution < 1.29 is 5.11 Å². The molecule has 0 spiro atoms. The summed E-state index contributed by atoms with van der Waals surface area (Å²) in [7, 11) is 0. The summed E-state index contributed by atoms with van der Waals surface area (Å²) in [6.45, 7) is 5.65. The van der Waals surface area contributed by atoms with E-state index in [-0.39, 0.29) is 5.28 Å². The first-order valence-corrected chi connectivity index (χ1v) is 5.33. The second kappa shape index (κ2) is 3.68. The van der Waals surface area contributed by atoms with Crippen LogP contribution in [0.25, 0.3) is 11.0 Å². The summed E-state index contributed by atoms with van der Waals surface area (Å²) in [5.74, 6) is 0. The molecule has 0 aliphatic rings. The van der Waals surface area contributed by atoms with Crippen molar-refractivity contribution in [2.45, 2.75) is 32.9 Å². The number of hydrogen-bond acceptors (Lipinski definition) is 4. The highest BCUT2D eigenvalue weighted by Gasteiger charge is 2.17. The molecule has 0 atom stereocenters. The van der Waals surface area contributed by atoms with Gasteiger partial charge in [-0.25, -0.2) is 9.67 Å². The van der Waals surface area contributed by atoms with E-state index in [0.29, 0.717) is 12.2 Å². The molecule has 0 bridgehead atoms. The number of halogens is 1. The smallest absolute Gasteiger partial charge is 0.224 e. The first kappa shape index (κ1) is 11.3. The fourth-order valence-electron chi connectivity index (χ4n) is 1.55. The SMILES string of the molecule is Cc1nc(Cl)nc2c1cnn2CC(C)(C)O. The quantitative estimate of drug-likeness (QED) is 0.810. The molecule has 0 aliphatic heterocycles. The zero-order valence-electron chi connectivity index (χ0n) is 9.40. The van der Waals surface area contributed by atoms with E-state index >= 15 is 0 Å². The van der Waals surface area contributed by atoms with Gasteiger partial charge in [-0.3, -0.25) is 0 Å². The standard InChI is InChI=1S/C10H13ClN4O/c1-6-7-4-12-15(5-10(2,3)16)8(7)14-9(11)13-6/h4,16H,5H2,1-3H3. The van der Waals surface area contributed by atoms with Crippen LogP contribution < -0.4 is 0 Å². The van der Waals surface area contributed by atoms with Crippen LogP contribution in [-0.4, -0.2) is 30.5 Å². The molecule has 0 unspecified atom stereocenters. The van der Waals surface area contributed by atoms with Gasteiger partial charge in [0.1, 0.15) is 0 Å². The third-order valence-electron chi connectivity index (χ3n) is 2.20. The Morgan fingerprint density at radius 1 is 1.44 bits per heavy atom. The number of rotatable bonds is 2. The first-order chi connectivity index (χ1) is 7.37. The molecule has 0 saturated heterocycles. The molecule has 2 aromatic rings. The molecular formula is C10H13ClN4O. The summed E-state index contributed by atoms with van der Waals surface area (Å²) >= 11 is 5.80. The van der Waals surface area contributed by atoms with Crippen LogP contribution in [0.15, 0.2) is 6.20 Å². The van der Waals surface area contributed by atoms with Crippen LogP contribution >= 0.6 is 11.6 Å². The van der Waals surface area contributed by atoms with Crippen molar-refractivity contribution in [3.8, 4) is 0 Å². The normalized spacial score (nSPS) is 12.3. The van der Waals surface area contributed by atoms with Crippen LogP contribution in [0.2, 0.25) is 5.28 Å². The van der Waals surface area contributed by atoms with Gasteiger partial charge in [0, 0.05) is 0 Å². The molecule has 0 amide bonds. The zero-order valence-corrected chi connectivity index (χ0v) is 10.2. The number of nitrogens with zero attached hydrogens (tertiary/aromatic N) is 4. The molecule has 5 nitrogen and oxygen atoms in total. The Balaban J connectivity index is 2.56. The van der Waals surface area contributed by atoms with E-state index in [2.05, 4.69) is 15.1 Å². The maximum Gasteiger partial charge on any atom is 0.224 e. The molecule has 0 radical (unpaired) electrons. The molecular weight excluding hydrogens is 228 g/mol. The van der Waals surface area contributed by atoms with Crippen LogP contribution in [-0.2, 0) is 6.54 Å². The Kier molecular flexibility index (Phi) is 2.59. The molecule has 0 saturated carbocycles. The summed E-state index contributed by atoms with van der Waals surface area (Å²) in [5, 5.41) is 15.0. The minimum Gasteiger partial charge on any atom is -0.389 e. The van der Waals surface area contributed by atoms with E-state index in [1.807, 2.05) is 6.92 Å². The first-order valence-electron chi connectivity index (χ1n) is 4.95. The van der Waals surface area contributed by atoms with Gasteiger partial charge >= 0.3 is 0 Å². The lowest BCUT2D eigenvalue weighted by molar-refractivity contribution is 0.0589. The van der Waals surface area contributed by atoms with E-state index in [0.717, 1.165) is 11.1 Å². The number of aliphatic hydroxyl groups is 1. The van der Waals surface area contributed by atoms with Crippen LogP contribution in [0, 0.1) is 6.92 Å². The van der Waals surface area contributed by atoms with Crippen molar-refractivity contribution in [2.24, 2.45) is 0 Å². The molecule has 2 rings (SSSR count). The lowest BCUT2D eigenvalue weighted by Crippen LogP contribution is -2.26. The summed E-state index contributed by atoms with van der Waals surface area (Å²) in [6.07, 6.45) is 1.69. The highest BCUT2D eigenvalue weighted by Crippen LogP contribution is 2.18. The highest BCUT2D eigenvalue weighted by atomic mass is 35.5. The van der Waals surface area contributed by atoms with Crippen molar-refractivity contribution in [1.29, 1.82) is 0 Å². The third kappa shape index (κ3) is 2.15. The molecule has 0 fully saturated rings. The molecule has 1 N–H and O–H groups in total. The van der Waals surface area contributed by atoms with E-state index in [4.69, 9.17) is 11.6 Å². The van der Waals surface area contributed by atoms with Crippen molar-refractivity contribution in [3.63, 3.8) is 0 Å². The van der Waals surface area contributed by atoms with Gasteiger partial charge in [0.2, 0.25) is 5.28 Å². The van der Waals surface area contributed by atoms with Gasteiger partial charge in [-0.15, -0.1) is 0 Å². The van der Waals surface area contributed by atoms with Crippen LogP contribution in [0.3, 0.4) is 0 Å². The summed E-state index contributed by atoms with van der Waals surface area (Å²) in [4.78, 5) is 8.17. The predicted octanol–water partition coefficient (Wildman–Crippen LogP) is 1.56. The second-order valence-electron chi connectivity index (χ2n) is 4.43. The number of aromatic nitrogens is 4. The van der Waals surface area contributed by atoms with Gasteiger partial charge in [0.05, 0.1) is 29.4 Å². The summed E-state index contributed by atoms with van der Waals surface area (Å²) < 4.78 is 1.63. The van der Waals surface area contributed by atoms with E-state index < -0.39 is 5.60 Å². The average Bonchev–Trinajstić information content (AvgIpc) is 2.46. The van der Waals surface area contributed by atoms with Crippen LogP contribution in [0.4, 0.5) is 0 Å². The Morgan fingerprint density at radius 2 is 2.12 bits per heavy atom. The van der Waals surface area contributed by atoms with E-state index in [9.17, 15) is 5.11 Å². The van der Waals surface area contributed by atoms with Gasteiger partial charge in [0.25, 0.3) is 0 Å². The maximum atomic E-state index is 9.75. The van der Waals surface area contributed by atoms with Crippen LogP contribution in [0.1, 0.15) is 19.5 Å². The van der Waals surface area contributed by atoms with E-state index in [1.165, 1.54) is 0 Å². The van der Waals surface area contributed by atoms with Gasteiger partial charge in [0.15, 0.2) is 5.65 Å². The Bertz CT molecular complexity index is 529. The molecule has 2 aromatic heterocycles. The summed E-state index contributed by atoms with van der Waals surface area (Å²) in [5.41, 5.74) is 0.598. The molecule has 2 heterocycles. The number of aryl methyl sites for hydroxylation is 1. The van der Waals surface area contributed by atoms with Crippen molar-refractivity contribution in [1.82, 2.24) is 19.7 Å². The van der Waals surface area contributed by atoms with Crippen molar-refractivity contribution in [3.05, 3.63) is 17.2 Å². The minimum absolute atomic E-state index is 0.197. The van der Waals surface area contributed by atoms with Crippen LogP contribution in [0.5, 0.6) is 0 Å². The Hall–Kier alpha value is -1.20. The molecule has 0 aromatic carbocycles. The summed E-state index contributed by atoms with van der Waals surface area (Å²) in [6, 6.07) is 0. The molecule has 0 aliphatic carbocycles. The molecule has 86 valence electrons. The molecule has 6 heteroatoms. The lowest BCUT2D eigenvalue weighted by atomic mass is 10.1. The highest BCUT2D eigenvalue weighted by molar-refractivity contribution is 6.28. The lowest BCUT2D eigenvalue weighted by Gasteiger charge is -2.16. The van der Waals surface area contributed by atoms with Gasteiger partial charge < -0.3 is 5.11 Å². The van der Waals surface area contributed by atoms with Gasteiger partial charge in [-0.2, -0.15) is 10.1 Å². The minimum atomic E-state index is -0.843. The predicted molar refractivity (Wildman–Crippen MR) is 61.4 cm³/mol. The third-order valence-corrected chi connectivity index (χ3v) is 2.37. The van der Waals surface area contributed by atoms with Gasteiger partial charge in [-0.1, -0.05) is 0 Å². The molecule has 16 heavy (non-hydrogen) atoms. The zero-order chi connectivity index (χ0) is 11.9. The Labute approximate surface area is 98.1 Å². The monoisotopic (exact) mass is 240 g/mol. The second-order valence-corrected chi connectivity index (χ2v) is 4.77. The van der Waals surface area contributed by atoms with Gasteiger partial charge in [-0.05, 0) is 32.4 Å². The fourth-order valence-corrected chi connectivity index (χ4v) is 1.75. The largest absolute Gasteiger partial charge is 0.389 e. The number of fused-ring (bicyclic) bond motifs is 1. The average molecular weight is 241 g/mol. The topological polar surface area (TPSA) is 63.8 Å². The Morgan fingerprint density at radius 3 is 2.75 bits per heavy atom. The number of hydrogen-bond donors (Lipinski definition) is 1.